The summed E-state index contributed by atoms with van der Waals surface area (Å²) in [6.45, 7) is 9.66. The summed E-state index contributed by atoms with van der Waals surface area (Å²) >= 11 is 0. The van der Waals surface area contributed by atoms with E-state index < -0.39 is 0 Å². The zero-order chi connectivity index (χ0) is 9.42. The highest BCUT2D eigenvalue weighted by atomic mass is 15.2. The van der Waals surface area contributed by atoms with Gasteiger partial charge >= 0.3 is 0 Å². The van der Waals surface area contributed by atoms with Crippen LogP contribution in [0.5, 0.6) is 0 Å². The maximum Gasteiger partial charge on any atom is 0.0307 e. The Morgan fingerprint density at radius 1 is 1.15 bits per heavy atom. The molecule has 2 atom stereocenters. The second-order valence-electron chi connectivity index (χ2n) is 4.77. The van der Waals surface area contributed by atoms with Crippen molar-refractivity contribution in [2.45, 2.75) is 46.1 Å². The molecule has 0 aromatic heterocycles. The number of hydrogen-bond acceptors (Lipinski definition) is 1. The summed E-state index contributed by atoms with van der Waals surface area (Å²) in [5, 5.41) is 0. The normalized spacial score (nSPS) is 36.2. The number of piperidine rings is 1. The van der Waals surface area contributed by atoms with Crippen LogP contribution >= 0.6 is 0 Å². The minimum Gasteiger partial charge on any atom is -0.296 e. The Morgan fingerprint density at radius 2 is 1.92 bits per heavy atom. The van der Waals surface area contributed by atoms with E-state index in [0.717, 1.165) is 12.0 Å². The third-order valence-electron chi connectivity index (χ3n) is 3.98. The zero-order valence-corrected chi connectivity index (χ0v) is 9.14. The van der Waals surface area contributed by atoms with Gasteiger partial charge in [0.05, 0.1) is 0 Å². The van der Waals surface area contributed by atoms with Crippen molar-refractivity contribution in [3.8, 4) is 0 Å². The molecule has 1 nitrogen and oxygen atoms in total. The van der Waals surface area contributed by atoms with Crippen molar-refractivity contribution in [2.75, 3.05) is 13.1 Å². The maximum absolute atomic E-state index is 2.69. The van der Waals surface area contributed by atoms with Crippen molar-refractivity contribution in [3.63, 3.8) is 0 Å². The van der Waals surface area contributed by atoms with E-state index in [4.69, 9.17) is 0 Å². The van der Waals surface area contributed by atoms with Crippen LogP contribution in [0.2, 0.25) is 0 Å². The Bertz CT molecular complexity index is 229. The zero-order valence-electron chi connectivity index (χ0n) is 9.14. The first-order chi connectivity index (χ1) is 6.20. The minimum atomic E-state index is 0.786. The number of fused-ring (bicyclic) bond motifs is 1. The Balaban J connectivity index is 2.23. The van der Waals surface area contributed by atoms with Gasteiger partial charge in [0, 0.05) is 12.6 Å². The average Bonchev–Trinajstić information content (AvgIpc) is 2.15. The lowest BCUT2D eigenvalue weighted by Crippen LogP contribution is -2.46. The lowest BCUT2D eigenvalue weighted by molar-refractivity contribution is 0.141. The van der Waals surface area contributed by atoms with Gasteiger partial charge in [-0.3, -0.25) is 4.90 Å². The molecular weight excluding hydrogens is 158 g/mol. The van der Waals surface area contributed by atoms with Gasteiger partial charge in [0.1, 0.15) is 0 Å². The van der Waals surface area contributed by atoms with Crippen LogP contribution in [0.15, 0.2) is 11.1 Å². The fraction of sp³-hybridized carbons (Fsp3) is 0.833. The molecule has 0 N–H and O–H groups in total. The molecule has 2 aliphatic heterocycles. The molecule has 2 heterocycles. The SMILES string of the molecule is CC1=C(C)C2CCCCN2CC1C. The van der Waals surface area contributed by atoms with Gasteiger partial charge in [0.25, 0.3) is 0 Å². The Hall–Kier alpha value is -0.300. The summed E-state index contributed by atoms with van der Waals surface area (Å²) in [4.78, 5) is 2.69. The minimum absolute atomic E-state index is 0.786. The molecule has 0 aromatic carbocycles. The molecule has 0 amide bonds. The summed E-state index contributed by atoms with van der Waals surface area (Å²) in [5.41, 5.74) is 3.32. The molecule has 1 heteroatoms. The topological polar surface area (TPSA) is 3.24 Å². The molecule has 0 bridgehead atoms. The van der Waals surface area contributed by atoms with Crippen LogP contribution in [-0.4, -0.2) is 24.0 Å². The van der Waals surface area contributed by atoms with Gasteiger partial charge in [0.2, 0.25) is 0 Å². The molecule has 2 unspecified atom stereocenters. The largest absolute Gasteiger partial charge is 0.296 e. The molecular formula is C12H21N. The molecule has 74 valence electrons. The van der Waals surface area contributed by atoms with Gasteiger partial charge in [-0.15, -0.1) is 0 Å². The third kappa shape index (κ3) is 1.54. The third-order valence-corrected chi connectivity index (χ3v) is 3.98. The van der Waals surface area contributed by atoms with E-state index in [1.54, 1.807) is 11.1 Å². The van der Waals surface area contributed by atoms with Crippen molar-refractivity contribution in [2.24, 2.45) is 5.92 Å². The van der Waals surface area contributed by atoms with Crippen molar-refractivity contribution in [1.82, 2.24) is 4.90 Å². The molecule has 0 saturated carbocycles. The highest BCUT2D eigenvalue weighted by molar-refractivity contribution is 5.22. The highest BCUT2D eigenvalue weighted by Gasteiger charge is 2.30. The molecule has 2 aliphatic rings. The quantitative estimate of drug-likeness (QED) is 0.517. The second kappa shape index (κ2) is 3.45. The monoisotopic (exact) mass is 179 g/mol. The van der Waals surface area contributed by atoms with Crippen molar-refractivity contribution in [3.05, 3.63) is 11.1 Å². The van der Waals surface area contributed by atoms with Gasteiger partial charge in [0.15, 0.2) is 0 Å². The first-order valence-electron chi connectivity index (χ1n) is 5.61. The lowest BCUT2D eigenvalue weighted by atomic mass is 9.84. The van der Waals surface area contributed by atoms with E-state index in [1.807, 2.05) is 0 Å². The molecule has 13 heavy (non-hydrogen) atoms. The number of rotatable bonds is 0. The first-order valence-corrected chi connectivity index (χ1v) is 5.61. The Labute approximate surface area is 81.8 Å². The first kappa shape index (κ1) is 9.26. The smallest absolute Gasteiger partial charge is 0.0307 e. The van der Waals surface area contributed by atoms with Gasteiger partial charge in [-0.25, -0.2) is 0 Å². The molecule has 2 rings (SSSR count). The van der Waals surface area contributed by atoms with Gasteiger partial charge in [-0.05, 0) is 39.2 Å². The average molecular weight is 179 g/mol. The predicted molar refractivity (Wildman–Crippen MR) is 56.8 cm³/mol. The van der Waals surface area contributed by atoms with Crippen LogP contribution in [-0.2, 0) is 0 Å². The van der Waals surface area contributed by atoms with Crippen LogP contribution in [0.25, 0.3) is 0 Å². The predicted octanol–water partition coefficient (Wildman–Crippen LogP) is 2.83. The standard InChI is InChI=1S/C12H21N/c1-9-8-13-7-5-4-6-12(13)11(3)10(9)2/h9,12H,4-8H2,1-3H3. The summed E-state index contributed by atoms with van der Waals surface area (Å²) in [5.74, 6) is 0.786. The fourth-order valence-corrected chi connectivity index (χ4v) is 2.84. The van der Waals surface area contributed by atoms with E-state index in [0.29, 0.717) is 0 Å². The van der Waals surface area contributed by atoms with Gasteiger partial charge in [-0.2, -0.15) is 0 Å². The molecule has 0 aromatic rings. The van der Waals surface area contributed by atoms with Gasteiger partial charge < -0.3 is 0 Å². The molecule has 1 saturated heterocycles. The van der Waals surface area contributed by atoms with Crippen molar-refractivity contribution in [1.29, 1.82) is 0 Å². The van der Waals surface area contributed by atoms with E-state index in [-0.39, 0.29) is 0 Å². The van der Waals surface area contributed by atoms with Crippen LogP contribution in [0.3, 0.4) is 0 Å². The van der Waals surface area contributed by atoms with E-state index in [9.17, 15) is 0 Å². The van der Waals surface area contributed by atoms with Crippen LogP contribution in [0.4, 0.5) is 0 Å². The molecule has 0 spiro atoms. The Kier molecular flexibility index (Phi) is 2.46. The van der Waals surface area contributed by atoms with E-state index in [2.05, 4.69) is 25.7 Å². The van der Waals surface area contributed by atoms with Crippen molar-refractivity contribution >= 4 is 0 Å². The summed E-state index contributed by atoms with van der Waals surface area (Å²) < 4.78 is 0. The number of nitrogens with zero attached hydrogens (tertiary/aromatic N) is 1. The molecule has 0 aliphatic carbocycles. The van der Waals surface area contributed by atoms with Crippen molar-refractivity contribution < 1.29 is 0 Å². The fourth-order valence-electron chi connectivity index (χ4n) is 2.84. The molecule has 1 fully saturated rings. The lowest BCUT2D eigenvalue weighted by Gasteiger charge is -2.43. The summed E-state index contributed by atoms with van der Waals surface area (Å²) in [6, 6.07) is 0.796. The maximum atomic E-state index is 2.69. The summed E-state index contributed by atoms with van der Waals surface area (Å²) in [7, 11) is 0. The number of hydrogen-bond donors (Lipinski definition) is 0. The van der Waals surface area contributed by atoms with E-state index in [1.165, 1.54) is 32.4 Å². The van der Waals surface area contributed by atoms with Crippen LogP contribution in [0, 0.1) is 5.92 Å². The summed E-state index contributed by atoms with van der Waals surface area (Å²) in [6.07, 6.45) is 4.24. The highest BCUT2D eigenvalue weighted by Crippen LogP contribution is 2.32. The second-order valence-corrected chi connectivity index (χ2v) is 4.77. The van der Waals surface area contributed by atoms with E-state index >= 15 is 0 Å². The van der Waals surface area contributed by atoms with Crippen LogP contribution in [0.1, 0.15) is 40.0 Å². The molecule has 0 radical (unpaired) electrons. The Morgan fingerprint density at radius 3 is 2.69 bits per heavy atom. The van der Waals surface area contributed by atoms with Crippen LogP contribution < -0.4 is 0 Å². The van der Waals surface area contributed by atoms with Gasteiger partial charge in [-0.1, -0.05) is 24.5 Å².